The van der Waals surface area contributed by atoms with E-state index in [-0.39, 0.29) is 36.1 Å². The number of alkyl halides is 3. The summed E-state index contributed by atoms with van der Waals surface area (Å²) in [5, 5.41) is 13.0. The average Bonchev–Trinajstić information content (AvgIpc) is 2.74. The topological polar surface area (TPSA) is 71.0 Å². The number of hydrogen-bond acceptors (Lipinski definition) is 4. The SMILES string of the molecule is O=C(Nc1ccc(C2(O)COC2)cc1)N1CCC(Oc2ccc(C(F)(F)F)cc2Cl)CC1. The van der Waals surface area contributed by atoms with Gasteiger partial charge in [-0.05, 0) is 35.9 Å². The van der Waals surface area contributed by atoms with E-state index in [0.717, 1.165) is 17.7 Å². The van der Waals surface area contributed by atoms with E-state index in [0.29, 0.717) is 31.6 Å². The van der Waals surface area contributed by atoms with Crippen LogP contribution in [0.15, 0.2) is 42.5 Å². The number of piperidine rings is 1. The molecule has 2 fully saturated rings. The van der Waals surface area contributed by atoms with Crippen LogP contribution in [-0.4, -0.2) is 48.4 Å². The normalized spacial score (nSPS) is 18.7. The van der Waals surface area contributed by atoms with Crippen molar-refractivity contribution in [3.8, 4) is 5.75 Å². The zero-order valence-corrected chi connectivity index (χ0v) is 17.7. The van der Waals surface area contributed by atoms with Crippen LogP contribution in [-0.2, 0) is 16.5 Å². The van der Waals surface area contributed by atoms with Crippen molar-refractivity contribution in [1.82, 2.24) is 4.90 Å². The predicted octanol–water partition coefficient (Wildman–Crippen LogP) is 4.65. The number of amides is 2. The van der Waals surface area contributed by atoms with Crippen molar-refractivity contribution < 1.29 is 32.5 Å². The second-order valence-electron chi connectivity index (χ2n) is 7.98. The van der Waals surface area contributed by atoms with Gasteiger partial charge < -0.3 is 24.8 Å². The van der Waals surface area contributed by atoms with Crippen molar-refractivity contribution in [1.29, 1.82) is 0 Å². The Balaban J connectivity index is 1.27. The van der Waals surface area contributed by atoms with Crippen LogP contribution in [0.1, 0.15) is 24.0 Å². The standard InChI is InChI=1S/C22H22ClF3N2O4/c23-18-11-15(22(24,25)26)3-6-19(18)32-17-7-9-28(10-8-17)20(29)27-16-4-1-14(2-5-16)21(30)12-31-13-21/h1-6,11,17,30H,7-10,12-13H2,(H,27,29). The van der Waals surface area contributed by atoms with Crippen LogP contribution in [0.2, 0.25) is 5.02 Å². The maximum atomic E-state index is 12.8. The fraction of sp³-hybridized carbons (Fsp3) is 0.409. The van der Waals surface area contributed by atoms with Gasteiger partial charge in [0.05, 0.1) is 23.8 Å². The highest BCUT2D eigenvalue weighted by Crippen LogP contribution is 2.35. The van der Waals surface area contributed by atoms with Gasteiger partial charge in [-0.15, -0.1) is 0 Å². The van der Waals surface area contributed by atoms with Crippen LogP contribution in [0.3, 0.4) is 0 Å². The van der Waals surface area contributed by atoms with Gasteiger partial charge >= 0.3 is 12.2 Å². The van der Waals surface area contributed by atoms with Gasteiger partial charge in [-0.2, -0.15) is 13.2 Å². The zero-order valence-electron chi connectivity index (χ0n) is 17.0. The van der Waals surface area contributed by atoms with Gasteiger partial charge in [0.25, 0.3) is 0 Å². The van der Waals surface area contributed by atoms with Crippen LogP contribution in [0.4, 0.5) is 23.7 Å². The average molecular weight is 471 g/mol. The molecule has 2 aromatic carbocycles. The molecule has 2 aliphatic heterocycles. The number of anilines is 1. The number of ether oxygens (including phenoxy) is 2. The fourth-order valence-electron chi connectivity index (χ4n) is 3.66. The second kappa shape index (κ2) is 8.80. The summed E-state index contributed by atoms with van der Waals surface area (Å²) in [6.45, 7) is 1.38. The number of likely N-dealkylation sites (tertiary alicyclic amines) is 1. The first-order chi connectivity index (χ1) is 15.1. The minimum atomic E-state index is -4.47. The molecule has 2 amide bonds. The minimum Gasteiger partial charge on any atom is -0.489 e. The van der Waals surface area contributed by atoms with Crippen molar-refractivity contribution >= 4 is 23.3 Å². The number of halogens is 4. The molecule has 0 saturated carbocycles. The molecule has 0 atom stereocenters. The Morgan fingerprint density at radius 2 is 1.81 bits per heavy atom. The molecule has 0 aromatic heterocycles. The molecule has 0 aliphatic carbocycles. The van der Waals surface area contributed by atoms with Crippen molar-refractivity contribution in [3.05, 3.63) is 58.6 Å². The number of carbonyl (C=O) groups is 1. The predicted molar refractivity (Wildman–Crippen MR) is 112 cm³/mol. The lowest BCUT2D eigenvalue weighted by molar-refractivity contribution is -0.184. The number of nitrogens with one attached hydrogen (secondary N) is 1. The Morgan fingerprint density at radius 1 is 1.16 bits per heavy atom. The summed E-state index contributed by atoms with van der Waals surface area (Å²) in [7, 11) is 0. The molecule has 172 valence electrons. The zero-order chi connectivity index (χ0) is 22.9. The summed E-state index contributed by atoms with van der Waals surface area (Å²) in [4.78, 5) is 14.2. The number of hydrogen-bond donors (Lipinski definition) is 2. The summed E-state index contributed by atoms with van der Waals surface area (Å²) in [5.41, 5.74) is -0.441. The Bertz CT molecular complexity index is 972. The number of urea groups is 1. The molecule has 6 nitrogen and oxygen atoms in total. The number of aliphatic hydroxyl groups is 1. The van der Waals surface area contributed by atoms with Crippen LogP contribution in [0, 0.1) is 0 Å². The number of nitrogens with zero attached hydrogens (tertiary/aromatic N) is 1. The highest BCUT2D eigenvalue weighted by Gasteiger charge is 2.37. The third-order valence-electron chi connectivity index (χ3n) is 5.64. The van der Waals surface area contributed by atoms with E-state index < -0.39 is 17.3 Å². The van der Waals surface area contributed by atoms with E-state index in [9.17, 15) is 23.1 Å². The van der Waals surface area contributed by atoms with E-state index in [4.69, 9.17) is 21.1 Å². The number of benzene rings is 2. The molecule has 10 heteroatoms. The third-order valence-corrected chi connectivity index (χ3v) is 5.93. The van der Waals surface area contributed by atoms with E-state index in [2.05, 4.69) is 5.32 Å². The molecule has 0 unspecified atom stereocenters. The summed E-state index contributed by atoms with van der Waals surface area (Å²) >= 11 is 5.95. The molecule has 2 aliphatic rings. The van der Waals surface area contributed by atoms with E-state index >= 15 is 0 Å². The van der Waals surface area contributed by atoms with Gasteiger partial charge in [0.15, 0.2) is 0 Å². The molecule has 4 rings (SSSR count). The van der Waals surface area contributed by atoms with E-state index in [1.807, 2.05) is 0 Å². The summed E-state index contributed by atoms with van der Waals surface area (Å²) in [6, 6.07) is 9.72. The molecule has 32 heavy (non-hydrogen) atoms. The lowest BCUT2D eigenvalue weighted by atomic mass is 9.92. The lowest BCUT2D eigenvalue weighted by Crippen LogP contribution is -2.46. The molecule has 2 saturated heterocycles. The highest BCUT2D eigenvalue weighted by atomic mass is 35.5. The Morgan fingerprint density at radius 3 is 2.34 bits per heavy atom. The maximum absolute atomic E-state index is 12.8. The maximum Gasteiger partial charge on any atom is 0.416 e. The first-order valence-electron chi connectivity index (χ1n) is 10.1. The van der Waals surface area contributed by atoms with Gasteiger partial charge in [0.2, 0.25) is 0 Å². The quantitative estimate of drug-likeness (QED) is 0.682. The number of rotatable bonds is 4. The van der Waals surface area contributed by atoms with Gasteiger partial charge in [-0.3, -0.25) is 0 Å². The van der Waals surface area contributed by atoms with Crippen LogP contribution in [0.5, 0.6) is 5.75 Å². The van der Waals surface area contributed by atoms with Crippen molar-refractivity contribution in [2.75, 3.05) is 31.6 Å². The van der Waals surface area contributed by atoms with Crippen LogP contribution in [0.25, 0.3) is 0 Å². The molecule has 0 bridgehead atoms. The van der Waals surface area contributed by atoms with Crippen molar-refractivity contribution in [2.45, 2.75) is 30.7 Å². The summed E-state index contributed by atoms with van der Waals surface area (Å²) in [5.74, 6) is 0.196. The first-order valence-corrected chi connectivity index (χ1v) is 10.5. The smallest absolute Gasteiger partial charge is 0.416 e. The molecule has 2 N–H and O–H groups in total. The fourth-order valence-corrected chi connectivity index (χ4v) is 3.88. The Labute approximate surface area is 187 Å². The van der Waals surface area contributed by atoms with Gasteiger partial charge in [0, 0.05) is 31.6 Å². The monoisotopic (exact) mass is 470 g/mol. The molecule has 0 radical (unpaired) electrons. The molecular weight excluding hydrogens is 449 g/mol. The van der Waals surface area contributed by atoms with Crippen LogP contribution >= 0.6 is 11.6 Å². The van der Waals surface area contributed by atoms with Gasteiger partial charge in [-0.25, -0.2) is 4.79 Å². The summed E-state index contributed by atoms with van der Waals surface area (Å²) in [6.07, 6.45) is -3.67. The van der Waals surface area contributed by atoms with E-state index in [1.54, 1.807) is 29.2 Å². The molecule has 2 aromatic rings. The van der Waals surface area contributed by atoms with E-state index in [1.165, 1.54) is 6.07 Å². The second-order valence-corrected chi connectivity index (χ2v) is 8.39. The molecular formula is C22H22ClF3N2O4. The molecule has 0 spiro atoms. The largest absolute Gasteiger partial charge is 0.489 e. The van der Waals surface area contributed by atoms with Crippen molar-refractivity contribution in [2.24, 2.45) is 0 Å². The summed E-state index contributed by atoms with van der Waals surface area (Å²) < 4.78 is 49.1. The first kappa shape index (κ1) is 22.7. The van der Waals surface area contributed by atoms with Gasteiger partial charge in [0.1, 0.15) is 17.5 Å². The lowest BCUT2D eigenvalue weighted by Gasteiger charge is -2.36. The van der Waals surface area contributed by atoms with Gasteiger partial charge in [-0.1, -0.05) is 23.7 Å². The minimum absolute atomic E-state index is 0.0958. The Hall–Kier alpha value is -2.49. The van der Waals surface area contributed by atoms with Crippen molar-refractivity contribution in [3.63, 3.8) is 0 Å². The molecule has 2 heterocycles. The highest BCUT2D eigenvalue weighted by molar-refractivity contribution is 6.32. The van der Waals surface area contributed by atoms with Crippen LogP contribution < -0.4 is 10.1 Å². The number of carbonyl (C=O) groups excluding carboxylic acids is 1. The third kappa shape index (κ3) is 4.95. The Kier molecular flexibility index (Phi) is 6.24.